The van der Waals surface area contributed by atoms with E-state index in [0.717, 1.165) is 10.2 Å². The monoisotopic (exact) mass is 404 g/mol. The summed E-state index contributed by atoms with van der Waals surface area (Å²) in [7, 11) is 0. The van der Waals surface area contributed by atoms with E-state index in [1.54, 1.807) is 29.1 Å². The SMILES string of the molecule is Fc1ccccc1Cn1cc(Br)c(NC(=S)Nc2ccccc2)n1. The molecule has 0 bridgehead atoms. The molecule has 2 aromatic carbocycles. The van der Waals surface area contributed by atoms with Gasteiger partial charge in [-0.05, 0) is 46.3 Å². The summed E-state index contributed by atoms with van der Waals surface area (Å²) in [5.74, 6) is 0.319. The molecule has 1 heterocycles. The van der Waals surface area contributed by atoms with Gasteiger partial charge in [-0.15, -0.1) is 0 Å². The third kappa shape index (κ3) is 4.18. The highest BCUT2D eigenvalue weighted by Crippen LogP contribution is 2.21. The standard InChI is InChI=1S/C17H14BrFN4S/c18-14-11-23(10-12-6-4-5-9-15(12)19)22-16(14)21-17(24)20-13-7-2-1-3-8-13/h1-9,11H,10H2,(H2,20,21,22,24). The van der Waals surface area contributed by atoms with E-state index in [9.17, 15) is 4.39 Å². The summed E-state index contributed by atoms with van der Waals surface area (Å²) >= 11 is 8.72. The number of hydrogen-bond acceptors (Lipinski definition) is 2. The Morgan fingerprint density at radius 3 is 2.54 bits per heavy atom. The Morgan fingerprint density at radius 1 is 1.08 bits per heavy atom. The smallest absolute Gasteiger partial charge is 0.176 e. The summed E-state index contributed by atoms with van der Waals surface area (Å²) in [4.78, 5) is 0. The van der Waals surface area contributed by atoms with Crippen molar-refractivity contribution in [3.63, 3.8) is 0 Å². The van der Waals surface area contributed by atoms with Crippen LogP contribution in [0.5, 0.6) is 0 Å². The van der Waals surface area contributed by atoms with Crippen LogP contribution in [0.4, 0.5) is 15.9 Å². The molecule has 122 valence electrons. The Hall–Kier alpha value is -2.25. The number of benzene rings is 2. The highest BCUT2D eigenvalue weighted by atomic mass is 79.9. The Bertz CT molecular complexity index is 851. The van der Waals surface area contributed by atoms with Crippen LogP contribution in [0.15, 0.2) is 65.3 Å². The molecule has 0 aliphatic heterocycles. The molecule has 1 aromatic heterocycles. The molecule has 0 amide bonds. The lowest BCUT2D eigenvalue weighted by atomic mass is 10.2. The first-order valence-electron chi connectivity index (χ1n) is 7.21. The van der Waals surface area contributed by atoms with Crippen molar-refractivity contribution in [2.75, 3.05) is 10.6 Å². The average Bonchev–Trinajstić information content (AvgIpc) is 2.90. The predicted molar refractivity (Wildman–Crippen MR) is 102 cm³/mol. The number of nitrogens with zero attached hydrogens (tertiary/aromatic N) is 2. The second-order valence-corrected chi connectivity index (χ2v) is 6.32. The van der Waals surface area contributed by atoms with E-state index in [0.29, 0.717) is 23.0 Å². The van der Waals surface area contributed by atoms with Gasteiger partial charge in [-0.2, -0.15) is 5.10 Å². The number of rotatable bonds is 4. The molecule has 2 N–H and O–H groups in total. The van der Waals surface area contributed by atoms with Gasteiger partial charge in [-0.1, -0.05) is 36.4 Å². The fraction of sp³-hybridized carbons (Fsp3) is 0.0588. The van der Waals surface area contributed by atoms with Gasteiger partial charge in [0.15, 0.2) is 10.9 Å². The first kappa shape index (κ1) is 16.6. The number of nitrogens with one attached hydrogen (secondary N) is 2. The first-order chi connectivity index (χ1) is 11.6. The molecule has 7 heteroatoms. The number of anilines is 2. The summed E-state index contributed by atoms with van der Waals surface area (Å²) < 4.78 is 16.1. The van der Waals surface area contributed by atoms with E-state index in [4.69, 9.17) is 12.2 Å². The number of hydrogen-bond donors (Lipinski definition) is 2. The molecule has 0 saturated heterocycles. The normalized spacial score (nSPS) is 10.4. The van der Waals surface area contributed by atoms with Crippen LogP contribution in [0, 0.1) is 5.82 Å². The van der Waals surface area contributed by atoms with Gasteiger partial charge in [0.1, 0.15) is 5.82 Å². The summed E-state index contributed by atoms with van der Waals surface area (Å²) in [6.45, 7) is 0.339. The fourth-order valence-electron chi connectivity index (χ4n) is 2.16. The number of para-hydroxylation sites is 1. The molecule has 0 atom stereocenters. The van der Waals surface area contributed by atoms with Crippen LogP contribution in [0.1, 0.15) is 5.56 Å². The first-order valence-corrected chi connectivity index (χ1v) is 8.41. The molecule has 0 aliphatic carbocycles. The molecular weight excluding hydrogens is 391 g/mol. The Balaban J connectivity index is 1.68. The van der Waals surface area contributed by atoms with E-state index < -0.39 is 0 Å². The topological polar surface area (TPSA) is 41.9 Å². The van der Waals surface area contributed by atoms with Crippen molar-refractivity contribution < 1.29 is 4.39 Å². The van der Waals surface area contributed by atoms with Crippen molar-refractivity contribution in [1.29, 1.82) is 0 Å². The molecular formula is C17H14BrFN4S. The molecule has 4 nitrogen and oxygen atoms in total. The Labute approximate surface area is 152 Å². The van der Waals surface area contributed by atoms with Gasteiger partial charge >= 0.3 is 0 Å². The Kier molecular flexibility index (Phi) is 5.22. The minimum absolute atomic E-state index is 0.250. The maximum atomic E-state index is 13.7. The second-order valence-electron chi connectivity index (χ2n) is 5.06. The second kappa shape index (κ2) is 7.55. The highest BCUT2D eigenvalue weighted by molar-refractivity contribution is 9.10. The summed E-state index contributed by atoms with van der Waals surface area (Å²) in [6, 6.07) is 16.2. The lowest BCUT2D eigenvalue weighted by molar-refractivity contribution is 0.586. The van der Waals surface area contributed by atoms with Gasteiger partial charge < -0.3 is 10.6 Å². The van der Waals surface area contributed by atoms with Crippen molar-refractivity contribution in [3.05, 3.63) is 76.6 Å². The molecule has 0 spiro atoms. The van der Waals surface area contributed by atoms with Crippen LogP contribution >= 0.6 is 28.1 Å². The van der Waals surface area contributed by atoms with E-state index in [-0.39, 0.29) is 5.82 Å². The van der Waals surface area contributed by atoms with Gasteiger partial charge in [-0.3, -0.25) is 4.68 Å². The fourth-order valence-corrected chi connectivity index (χ4v) is 2.78. The van der Waals surface area contributed by atoms with Gasteiger partial charge in [0.25, 0.3) is 0 Å². The molecule has 0 radical (unpaired) electrons. The zero-order chi connectivity index (χ0) is 16.9. The summed E-state index contributed by atoms with van der Waals surface area (Å²) in [5.41, 5.74) is 1.46. The molecule has 0 unspecified atom stereocenters. The van der Waals surface area contributed by atoms with E-state index in [1.807, 2.05) is 30.3 Å². The van der Waals surface area contributed by atoms with Gasteiger partial charge in [0.05, 0.1) is 11.0 Å². The third-order valence-electron chi connectivity index (χ3n) is 3.27. The molecule has 3 rings (SSSR count). The number of aromatic nitrogens is 2. The van der Waals surface area contributed by atoms with Crippen LogP contribution in [-0.4, -0.2) is 14.9 Å². The van der Waals surface area contributed by atoms with Crippen molar-refractivity contribution in [2.24, 2.45) is 0 Å². The zero-order valence-corrected chi connectivity index (χ0v) is 14.9. The zero-order valence-electron chi connectivity index (χ0n) is 12.5. The van der Waals surface area contributed by atoms with E-state index in [1.165, 1.54) is 6.07 Å². The van der Waals surface area contributed by atoms with Crippen molar-refractivity contribution >= 4 is 44.8 Å². The van der Waals surface area contributed by atoms with E-state index in [2.05, 4.69) is 31.7 Å². The lowest BCUT2D eigenvalue weighted by Gasteiger charge is -2.08. The van der Waals surface area contributed by atoms with Crippen LogP contribution in [0.25, 0.3) is 0 Å². The predicted octanol–water partition coefficient (Wildman–Crippen LogP) is 4.64. The third-order valence-corrected chi connectivity index (χ3v) is 4.06. The molecule has 3 aromatic rings. The van der Waals surface area contributed by atoms with Crippen LogP contribution in [0.2, 0.25) is 0 Å². The number of thiocarbonyl (C=S) groups is 1. The van der Waals surface area contributed by atoms with E-state index >= 15 is 0 Å². The maximum absolute atomic E-state index is 13.7. The molecule has 0 aliphatic rings. The van der Waals surface area contributed by atoms with Gasteiger partial charge in [0, 0.05) is 17.4 Å². The molecule has 0 saturated carbocycles. The lowest BCUT2D eigenvalue weighted by Crippen LogP contribution is -2.19. The largest absolute Gasteiger partial charge is 0.332 e. The molecule has 0 fully saturated rings. The maximum Gasteiger partial charge on any atom is 0.176 e. The van der Waals surface area contributed by atoms with Gasteiger partial charge in [-0.25, -0.2) is 4.39 Å². The molecule has 24 heavy (non-hydrogen) atoms. The van der Waals surface area contributed by atoms with Crippen LogP contribution in [0.3, 0.4) is 0 Å². The van der Waals surface area contributed by atoms with Crippen molar-refractivity contribution in [2.45, 2.75) is 6.54 Å². The average molecular weight is 405 g/mol. The van der Waals surface area contributed by atoms with Gasteiger partial charge in [0.2, 0.25) is 0 Å². The minimum atomic E-state index is -0.250. The van der Waals surface area contributed by atoms with Crippen LogP contribution in [-0.2, 0) is 6.54 Å². The number of halogens is 2. The minimum Gasteiger partial charge on any atom is -0.332 e. The highest BCUT2D eigenvalue weighted by Gasteiger charge is 2.10. The van der Waals surface area contributed by atoms with Crippen molar-refractivity contribution in [3.8, 4) is 0 Å². The summed E-state index contributed by atoms with van der Waals surface area (Å²) in [5, 5.41) is 10.9. The van der Waals surface area contributed by atoms with Crippen molar-refractivity contribution in [1.82, 2.24) is 9.78 Å². The van der Waals surface area contributed by atoms with Crippen LogP contribution < -0.4 is 10.6 Å². The Morgan fingerprint density at radius 2 is 1.79 bits per heavy atom. The summed E-state index contributed by atoms with van der Waals surface area (Å²) in [6.07, 6.45) is 1.78. The quantitative estimate of drug-likeness (QED) is 0.621.